The van der Waals surface area contributed by atoms with E-state index in [9.17, 15) is 8.42 Å². The lowest BCUT2D eigenvalue weighted by molar-refractivity contribution is 0.158. The Kier molecular flexibility index (Phi) is 4.61. The predicted octanol–water partition coefficient (Wildman–Crippen LogP) is 2.70. The number of nitrogens with one attached hydrogen (secondary N) is 2. The van der Waals surface area contributed by atoms with Crippen LogP contribution in [-0.4, -0.2) is 39.2 Å². The van der Waals surface area contributed by atoms with Gasteiger partial charge in [-0.05, 0) is 37.0 Å². The van der Waals surface area contributed by atoms with Gasteiger partial charge in [0, 0.05) is 19.6 Å². The van der Waals surface area contributed by atoms with Crippen molar-refractivity contribution in [2.75, 3.05) is 25.5 Å². The van der Waals surface area contributed by atoms with E-state index in [0.29, 0.717) is 34.7 Å². The summed E-state index contributed by atoms with van der Waals surface area (Å²) in [6.45, 7) is 4.31. The zero-order chi connectivity index (χ0) is 19.1. The minimum absolute atomic E-state index is 0.291. The fourth-order valence-corrected chi connectivity index (χ4v) is 5.82. The van der Waals surface area contributed by atoms with Gasteiger partial charge >= 0.3 is 0 Å². The zero-order valence-electron chi connectivity index (χ0n) is 15.7. The Bertz CT molecular complexity index is 936. The minimum Gasteiger partial charge on any atom is -0.495 e. The first-order chi connectivity index (χ1) is 12.9. The minimum atomic E-state index is -3.60. The number of piperidine rings is 1. The maximum absolute atomic E-state index is 13.0. The van der Waals surface area contributed by atoms with Gasteiger partial charge in [-0.1, -0.05) is 36.4 Å². The largest absolute Gasteiger partial charge is 0.495 e. The molecule has 27 heavy (non-hydrogen) atoms. The molecule has 0 unspecified atom stereocenters. The average molecular weight is 388 g/mol. The van der Waals surface area contributed by atoms with Gasteiger partial charge in [0.05, 0.1) is 12.8 Å². The van der Waals surface area contributed by atoms with Gasteiger partial charge in [-0.3, -0.25) is 4.90 Å². The van der Waals surface area contributed by atoms with Crippen molar-refractivity contribution in [3.05, 3.63) is 53.6 Å². The molecule has 144 valence electrons. The van der Waals surface area contributed by atoms with E-state index < -0.39 is 15.7 Å². The second-order valence-electron chi connectivity index (χ2n) is 7.36. The van der Waals surface area contributed by atoms with Gasteiger partial charge in [-0.25, -0.2) is 8.42 Å². The molecule has 4 rings (SSSR count). The number of anilines is 1. The van der Waals surface area contributed by atoms with Crippen LogP contribution in [0.2, 0.25) is 0 Å². The first-order valence-electron chi connectivity index (χ1n) is 9.18. The third-order valence-corrected chi connectivity index (χ3v) is 7.18. The van der Waals surface area contributed by atoms with Crippen molar-refractivity contribution < 1.29 is 13.2 Å². The number of likely N-dealkylation sites (tertiary alicyclic amines) is 1. The fraction of sp³-hybridized carbons (Fsp3) is 0.400. The molecule has 0 atom stereocenters. The van der Waals surface area contributed by atoms with Crippen molar-refractivity contribution in [2.45, 2.75) is 36.9 Å². The van der Waals surface area contributed by atoms with E-state index in [1.54, 1.807) is 20.1 Å². The summed E-state index contributed by atoms with van der Waals surface area (Å²) in [5.74, 6) is 0.562. The monoisotopic (exact) mass is 387 g/mol. The number of methoxy groups -OCH3 is 1. The van der Waals surface area contributed by atoms with Crippen molar-refractivity contribution in [3.63, 3.8) is 0 Å². The molecule has 2 aromatic carbocycles. The SMILES string of the molecule is COc1ccc(C)c2c1NC1(CCN(Cc3ccccc3)CC1)NS2(=O)=O. The fourth-order valence-electron chi connectivity index (χ4n) is 4.04. The van der Waals surface area contributed by atoms with Gasteiger partial charge in [-0.15, -0.1) is 0 Å². The summed E-state index contributed by atoms with van der Waals surface area (Å²) in [6.07, 6.45) is 1.38. The average Bonchev–Trinajstić information content (AvgIpc) is 2.64. The molecule has 6 nitrogen and oxygen atoms in total. The molecule has 0 amide bonds. The van der Waals surface area contributed by atoms with Gasteiger partial charge < -0.3 is 10.1 Å². The zero-order valence-corrected chi connectivity index (χ0v) is 16.5. The van der Waals surface area contributed by atoms with E-state index in [2.05, 4.69) is 27.1 Å². The van der Waals surface area contributed by atoms with Crippen LogP contribution >= 0.6 is 0 Å². The number of ether oxygens (including phenoxy) is 1. The van der Waals surface area contributed by atoms with Crippen molar-refractivity contribution >= 4 is 15.7 Å². The van der Waals surface area contributed by atoms with Gasteiger partial charge in [-0.2, -0.15) is 4.72 Å². The summed E-state index contributed by atoms with van der Waals surface area (Å²) in [7, 11) is -2.03. The Morgan fingerprint density at radius 1 is 1.11 bits per heavy atom. The second-order valence-corrected chi connectivity index (χ2v) is 8.98. The first-order valence-corrected chi connectivity index (χ1v) is 10.7. The molecule has 1 fully saturated rings. The van der Waals surface area contributed by atoms with Crippen molar-refractivity contribution in [3.8, 4) is 5.75 Å². The normalized spacial score (nSPS) is 20.7. The predicted molar refractivity (Wildman–Crippen MR) is 105 cm³/mol. The van der Waals surface area contributed by atoms with Crippen LogP contribution in [0.4, 0.5) is 5.69 Å². The topological polar surface area (TPSA) is 70.7 Å². The van der Waals surface area contributed by atoms with Crippen molar-refractivity contribution in [2.24, 2.45) is 0 Å². The highest BCUT2D eigenvalue weighted by Gasteiger charge is 2.44. The van der Waals surface area contributed by atoms with E-state index >= 15 is 0 Å². The first kappa shape index (κ1) is 18.3. The Labute approximate surface area is 160 Å². The van der Waals surface area contributed by atoms with Gasteiger partial charge in [0.1, 0.15) is 16.3 Å². The van der Waals surface area contributed by atoms with Crippen LogP contribution in [0.3, 0.4) is 0 Å². The van der Waals surface area contributed by atoms with Crippen LogP contribution in [0.1, 0.15) is 24.0 Å². The number of nitrogens with zero attached hydrogens (tertiary/aromatic N) is 1. The highest BCUT2D eigenvalue weighted by atomic mass is 32.2. The summed E-state index contributed by atoms with van der Waals surface area (Å²) >= 11 is 0. The molecule has 0 radical (unpaired) electrons. The molecular formula is C20H25N3O3S. The Morgan fingerprint density at radius 3 is 2.48 bits per heavy atom. The molecule has 0 saturated carbocycles. The lowest BCUT2D eigenvalue weighted by atomic mass is 9.96. The van der Waals surface area contributed by atoms with Crippen LogP contribution in [0, 0.1) is 6.92 Å². The number of rotatable bonds is 3. The number of hydrogen-bond donors (Lipinski definition) is 2. The summed E-state index contributed by atoms with van der Waals surface area (Å²) in [6, 6.07) is 13.9. The molecule has 0 aromatic heterocycles. The van der Waals surface area contributed by atoms with Gasteiger partial charge in [0.15, 0.2) is 0 Å². The summed E-state index contributed by atoms with van der Waals surface area (Å²) in [5, 5.41) is 3.47. The lowest BCUT2D eigenvalue weighted by Gasteiger charge is -2.46. The smallest absolute Gasteiger partial charge is 0.244 e. The Hall–Kier alpha value is -2.09. The molecule has 0 bridgehead atoms. The molecule has 2 aromatic rings. The maximum Gasteiger partial charge on any atom is 0.244 e. The molecule has 1 saturated heterocycles. The van der Waals surface area contributed by atoms with E-state index in [1.165, 1.54) is 5.56 Å². The van der Waals surface area contributed by atoms with E-state index in [-0.39, 0.29) is 0 Å². The van der Waals surface area contributed by atoms with E-state index in [4.69, 9.17) is 4.74 Å². The molecule has 2 N–H and O–H groups in total. The van der Waals surface area contributed by atoms with Crippen LogP contribution in [0.15, 0.2) is 47.4 Å². The molecule has 2 aliphatic heterocycles. The number of sulfonamides is 1. The van der Waals surface area contributed by atoms with Crippen LogP contribution in [0.5, 0.6) is 5.75 Å². The molecule has 0 aliphatic carbocycles. The van der Waals surface area contributed by atoms with Crippen LogP contribution in [-0.2, 0) is 16.6 Å². The summed E-state index contributed by atoms with van der Waals surface area (Å²) in [5.41, 5.74) is 1.89. The molecule has 2 heterocycles. The lowest BCUT2D eigenvalue weighted by Crippen LogP contribution is -2.62. The van der Waals surface area contributed by atoms with Crippen molar-refractivity contribution in [1.29, 1.82) is 0 Å². The quantitative estimate of drug-likeness (QED) is 0.847. The molecule has 7 heteroatoms. The highest BCUT2D eigenvalue weighted by molar-refractivity contribution is 7.89. The van der Waals surface area contributed by atoms with Crippen molar-refractivity contribution in [1.82, 2.24) is 9.62 Å². The molecule has 2 aliphatic rings. The highest BCUT2D eigenvalue weighted by Crippen LogP contribution is 2.42. The Morgan fingerprint density at radius 2 is 1.81 bits per heavy atom. The third-order valence-electron chi connectivity index (χ3n) is 5.46. The van der Waals surface area contributed by atoms with Crippen LogP contribution < -0.4 is 14.8 Å². The molecule has 1 spiro atoms. The standard InChI is InChI=1S/C20H25N3O3S/c1-15-8-9-17(26-2)18-19(15)27(24,25)22-20(21-18)10-12-23(13-11-20)14-16-6-4-3-5-7-16/h3-9,21-22H,10-14H2,1-2H3. The number of hydrogen-bond acceptors (Lipinski definition) is 5. The Balaban J connectivity index is 1.57. The van der Waals surface area contributed by atoms with E-state index in [1.807, 2.05) is 24.3 Å². The molecular weight excluding hydrogens is 362 g/mol. The van der Waals surface area contributed by atoms with Gasteiger partial charge in [0.2, 0.25) is 10.0 Å². The number of aryl methyl sites for hydroxylation is 1. The van der Waals surface area contributed by atoms with E-state index in [0.717, 1.165) is 19.6 Å². The van der Waals surface area contributed by atoms with Crippen LogP contribution in [0.25, 0.3) is 0 Å². The second kappa shape index (κ2) is 6.82. The summed E-state index contributed by atoms with van der Waals surface area (Å²) in [4.78, 5) is 2.65. The number of fused-ring (bicyclic) bond motifs is 1. The number of benzene rings is 2. The maximum atomic E-state index is 13.0. The third kappa shape index (κ3) is 3.42. The van der Waals surface area contributed by atoms with Gasteiger partial charge in [0.25, 0.3) is 0 Å². The summed E-state index contributed by atoms with van der Waals surface area (Å²) < 4.78 is 34.3.